The minimum atomic E-state index is -0.415. The van der Waals surface area contributed by atoms with E-state index in [1.807, 2.05) is 48.5 Å². The highest BCUT2D eigenvalue weighted by molar-refractivity contribution is 5.97. The second-order valence-corrected chi connectivity index (χ2v) is 6.43. The summed E-state index contributed by atoms with van der Waals surface area (Å²) in [6, 6.07) is 23.7. The van der Waals surface area contributed by atoms with Crippen molar-refractivity contribution in [2.45, 2.75) is 0 Å². The van der Waals surface area contributed by atoms with Gasteiger partial charge in [-0.3, -0.25) is 14.3 Å². The molecule has 4 rings (SSSR count). The molecule has 0 unspecified atom stereocenters. The Morgan fingerprint density at radius 3 is 2.41 bits per heavy atom. The van der Waals surface area contributed by atoms with Crippen LogP contribution in [0.5, 0.6) is 0 Å². The molecule has 0 aliphatic heterocycles. The van der Waals surface area contributed by atoms with E-state index in [0.29, 0.717) is 11.3 Å². The average molecular weight is 382 g/mol. The molecule has 0 amide bonds. The molecule has 29 heavy (non-hydrogen) atoms. The van der Waals surface area contributed by atoms with Gasteiger partial charge in [-0.2, -0.15) is 0 Å². The van der Waals surface area contributed by atoms with Crippen molar-refractivity contribution in [3.63, 3.8) is 0 Å². The van der Waals surface area contributed by atoms with Crippen molar-refractivity contribution < 1.29 is 9.53 Å². The van der Waals surface area contributed by atoms with Crippen LogP contribution < -0.4 is 5.56 Å². The zero-order valence-electron chi connectivity index (χ0n) is 15.8. The van der Waals surface area contributed by atoms with Crippen LogP contribution in [0.25, 0.3) is 28.1 Å². The lowest BCUT2D eigenvalue weighted by atomic mass is 9.96. The molecule has 0 spiro atoms. The molecule has 2 aromatic heterocycles. The van der Waals surface area contributed by atoms with Gasteiger partial charge in [-0.15, -0.1) is 0 Å². The summed E-state index contributed by atoms with van der Waals surface area (Å²) in [6.45, 7) is 0. The second-order valence-electron chi connectivity index (χ2n) is 6.43. The molecule has 4 aromatic rings. The molecule has 0 aliphatic carbocycles. The molecule has 0 atom stereocenters. The molecule has 0 aliphatic rings. The van der Waals surface area contributed by atoms with E-state index < -0.39 is 5.97 Å². The molecule has 0 bridgehead atoms. The molecule has 0 N–H and O–H groups in total. The van der Waals surface area contributed by atoms with Crippen molar-refractivity contribution in [3.05, 3.63) is 107 Å². The Balaban J connectivity index is 1.98. The average Bonchev–Trinajstić information content (AvgIpc) is 2.79. The first-order valence-electron chi connectivity index (χ1n) is 9.09. The van der Waals surface area contributed by atoms with Crippen LogP contribution in [0.15, 0.2) is 96.1 Å². The summed E-state index contributed by atoms with van der Waals surface area (Å²) in [7, 11) is 1.36. The third-order valence-electron chi connectivity index (χ3n) is 4.62. The van der Waals surface area contributed by atoms with Crippen LogP contribution in [0, 0.1) is 0 Å². The number of nitrogens with zero attached hydrogens (tertiary/aromatic N) is 2. The number of carbonyl (C=O) groups excluding carboxylic acids is 1. The van der Waals surface area contributed by atoms with Crippen LogP contribution in [0.4, 0.5) is 0 Å². The standard InChI is InChI=1S/C24H18N2O3/c1-29-24(28)21-9-3-2-8-20(21)17-14-18(22-10-4-6-12-25-22)16-19(15-17)26-13-7-5-11-23(26)27/h2-16H,1H3. The zero-order chi connectivity index (χ0) is 20.2. The molecule has 0 radical (unpaired) electrons. The van der Waals surface area contributed by atoms with Gasteiger partial charge in [0.25, 0.3) is 5.56 Å². The number of hydrogen-bond acceptors (Lipinski definition) is 4. The number of aromatic nitrogens is 2. The highest BCUT2D eigenvalue weighted by Crippen LogP contribution is 2.31. The fraction of sp³-hybridized carbons (Fsp3) is 0.0417. The number of benzene rings is 2. The lowest BCUT2D eigenvalue weighted by Gasteiger charge is -2.14. The van der Waals surface area contributed by atoms with Crippen molar-refractivity contribution in [2.24, 2.45) is 0 Å². The summed E-state index contributed by atoms with van der Waals surface area (Å²) in [5.74, 6) is -0.415. The van der Waals surface area contributed by atoms with E-state index in [2.05, 4.69) is 4.98 Å². The van der Waals surface area contributed by atoms with E-state index in [1.54, 1.807) is 41.2 Å². The van der Waals surface area contributed by atoms with E-state index in [-0.39, 0.29) is 5.56 Å². The first kappa shape index (κ1) is 18.4. The molecule has 5 nitrogen and oxygen atoms in total. The maximum absolute atomic E-state index is 12.4. The number of hydrogen-bond donors (Lipinski definition) is 0. The summed E-state index contributed by atoms with van der Waals surface area (Å²) in [6.07, 6.45) is 3.44. The fourth-order valence-electron chi connectivity index (χ4n) is 3.25. The maximum atomic E-state index is 12.4. The van der Waals surface area contributed by atoms with Gasteiger partial charge >= 0.3 is 5.97 Å². The molecule has 0 saturated heterocycles. The van der Waals surface area contributed by atoms with Crippen molar-refractivity contribution in [1.82, 2.24) is 9.55 Å². The highest BCUT2D eigenvalue weighted by Gasteiger charge is 2.15. The van der Waals surface area contributed by atoms with Gasteiger partial charge in [0.05, 0.1) is 18.4 Å². The summed E-state index contributed by atoms with van der Waals surface area (Å²) in [5, 5.41) is 0. The largest absolute Gasteiger partial charge is 0.465 e. The second kappa shape index (κ2) is 7.94. The molecule has 0 saturated carbocycles. The Morgan fingerprint density at radius 1 is 0.897 bits per heavy atom. The van der Waals surface area contributed by atoms with Gasteiger partial charge in [-0.25, -0.2) is 4.79 Å². The minimum absolute atomic E-state index is 0.141. The smallest absolute Gasteiger partial charge is 0.338 e. The Labute approximate surface area is 167 Å². The zero-order valence-corrected chi connectivity index (χ0v) is 15.8. The number of methoxy groups -OCH3 is 1. The predicted octanol–water partition coefficient (Wildman–Crippen LogP) is 4.35. The predicted molar refractivity (Wildman–Crippen MR) is 112 cm³/mol. The van der Waals surface area contributed by atoms with Gasteiger partial charge in [0.15, 0.2) is 0 Å². The topological polar surface area (TPSA) is 61.2 Å². The molecule has 2 heterocycles. The number of ether oxygens (including phenoxy) is 1. The normalized spacial score (nSPS) is 10.5. The third kappa shape index (κ3) is 3.71. The molecular formula is C24H18N2O3. The van der Waals surface area contributed by atoms with Crippen molar-refractivity contribution >= 4 is 5.97 Å². The highest BCUT2D eigenvalue weighted by atomic mass is 16.5. The number of rotatable bonds is 4. The summed E-state index contributed by atoms with van der Waals surface area (Å²) < 4.78 is 6.51. The SMILES string of the molecule is COC(=O)c1ccccc1-c1cc(-c2ccccn2)cc(-n2ccccc2=O)c1. The minimum Gasteiger partial charge on any atom is -0.465 e. The van der Waals surface area contributed by atoms with Gasteiger partial charge in [0.2, 0.25) is 0 Å². The summed E-state index contributed by atoms with van der Waals surface area (Å²) >= 11 is 0. The fourth-order valence-corrected chi connectivity index (χ4v) is 3.25. The van der Waals surface area contributed by atoms with Gasteiger partial charge in [0.1, 0.15) is 0 Å². The Hall–Kier alpha value is -3.99. The maximum Gasteiger partial charge on any atom is 0.338 e. The summed E-state index contributed by atoms with van der Waals surface area (Å²) in [5.41, 5.74) is 4.14. The van der Waals surface area contributed by atoms with E-state index >= 15 is 0 Å². The van der Waals surface area contributed by atoms with Crippen LogP contribution in [0.3, 0.4) is 0 Å². The monoisotopic (exact) mass is 382 g/mol. The van der Waals surface area contributed by atoms with E-state index in [1.165, 1.54) is 13.2 Å². The Morgan fingerprint density at radius 2 is 1.66 bits per heavy atom. The third-order valence-corrected chi connectivity index (χ3v) is 4.62. The number of pyridine rings is 2. The van der Waals surface area contributed by atoms with Crippen LogP contribution in [-0.2, 0) is 4.74 Å². The van der Waals surface area contributed by atoms with Crippen molar-refractivity contribution in [2.75, 3.05) is 7.11 Å². The van der Waals surface area contributed by atoms with Gasteiger partial charge in [-0.1, -0.05) is 30.3 Å². The van der Waals surface area contributed by atoms with Crippen LogP contribution in [0.1, 0.15) is 10.4 Å². The van der Waals surface area contributed by atoms with Gasteiger partial charge < -0.3 is 4.74 Å². The quantitative estimate of drug-likeness (QED) is 0.492. The Bertz CT molecular complexity index is 1230. The molecule has 0 fully saturated rings. The van der Waals surface area contributed by atoms with Crippen LogP contribution in [-0.4, -0.2) is 22.6 Å². The molecule has 142 valence electrons. The van der Waals surface area contributed by atoms with Crippen LogP contribution >= 0.6 is 0 Å². The lowest BCUT2D eigenvalue weighted by molar-refractivity contribution is 0.0601. The van der Waals surface area contributed by atoms with Crippen molar-refractivity contribution in [1.29, 1.82) is 0 Å². The van der Waals surface area contributed by atoms with E-state index in [9.17, 15) is 9.59 Å². The lowest BCUT2D eigenvalue weighted by Crippen LogP contribution is -2.15. The van der Waals surface area contributed by atoms with Gasteiger partial charge in [-0.05, 0) is 53.6 Å². The van der Waals surface area contributed by atoms with E-state index in [4.69, 9.17) is 4.74 Å². The molecular weight excluding hydrogens is 364 g/mol. The molecule has 5 heteroatoms. The number of carbonyl (C=O) groups is 1. The van der Waals surface area contributed by atoms with Gasteiger partial charge in [0, 0.05) is 29.7 Å². The van der Waals surface area contributed by atoms with Crippen molar-refractivity contribution in [3.8, 4) is 28.1 Å². The Kier molecular flexibility index (Phi) is 5.03. The first-order chi connectivity index (χ1) is 14.2. The first-order valence-corrected chi connectivity index (χ1v) is 9.09. The molecule has 2 aromatic carbocycles. The summed E-state index contributed by atoms with van der Waals surface area (Å²) in [4.78, 5) is 29.1. The van der Waals surface area contributed by atoms with Crippen LogP contribution in [0.2, 0.25) is 0 Å². The number of esters is 1. The van der Waals surface area contributed by atoms with E-state index in [0.717, 1.165) is 22.4 Å².